The highest BCUT2D eigenvalue weighted by molar-refractivity contribution is 5.78. The Hall–Kier alpha value is -1.56. The van der Waals surface area contributed by atoms with Crippen molar-refractivity contribution in [3.63, 3.8) is 0 Å². The maximum absolute atomic E-state index is 12.2. The van der Waals surface area contributed by atoms with E-state index in [1.54, 1.807) is 11.0 Å². The maximum atomic E-state index is 12.2. The lowest BCUT2D eigenvalue weighted by atomic mass is 10.0. The molecule has 2 N–H and O–H groups in total. The van der Waals surface area contributed by atoms with Crippen LogP contribution in [0.25, 0.3) is 0 Å². The smallest absolute Gasteiger partial charge is 0.318 e. The Kier molecular flexibility index (Phi) is 4.94. The van der Waals surface area contributed by atoms with E-state index in [1.165, 1.54) is 0 Å². The van der Waals surface area contributed by atoms with E-state index in [2.05, 4.69) is 11.9 Å². The molecule has 1 rings (SSSR count). The molecule has 0 aromatic rings. The van der Waals surface area contributed by atoms with Crippen LogP contribution in [0.15, 0.2) is 12.7 Å². The molecule has 0 saturated carbocycles. The van der Waals surface area contributed by atoms with Gasteiger partial charge in [0.15, 0.2) is 0 Å². The number of carbonyl (C=O) groups is 2. The first-order chi connectivity index (χ1) is 8.77. The first kappa shape index (κ1) is 15.5. The highest BCUT2D eigenvalue weighted by Gasteiger charge is 2.37. The lowest BCUT2D eigenvalue weighted by Gasteiger charge is -2.35. The molecular formula is C13H22N2O4. The van der Waals surface area contributed by atoms with Crippen LogP contribution >= 0.6 is 0 Å². The van der Waals surface area contributed by atoms with Gasteiger partial charge in [-0.25, -0.2) is 4.79 Å². The first-order valence-electron chi connectivity index (χ1n) is 6.27. The molecule has 0 aromatic carbocycles. The standard InChI is InChI=1S/C13H22N2O4/c1-5-6-15(13(2,3)4)12(18)14-10-8-19-7-9(10)11(16)17/h5,9-10H,1,6-8H2,2-4H3,(H,14,18)(H,16,17). The minimum absolute atomic E-state index is 0.136. The summed E-state index contributed by atoms with van der Waals surface area (Å²) < 4.78 is 5.12. The van der Waals surface area contributed by atoms with Crippen molar-refractivity contribution in [2.45, 2.75) is 32.4 Å². The van der Waals surface area contributed by atoms with E-state index in [1.807, 2.05) is 20.8 Å². The van der Waals surface area contributed by atoms with E-state index in [-0.39, 0.29) is 24.8 Å². The van der Waals surface area contributed by atoms with Gasteiger partial charge in [0.1, 0.15) is 5.92 Å². The average Bonchev–Trinajstić information content (AvgIpc) is 2.72. The van der Waals surface area contributed by atoms with Crippen molar-refractivity contribution in [3.8, 4) is 0 Å². The molecule has 1 fully saturated rings. The number of aliphatic carboxylic acids is 1. The lowest BCUT2D eigenvalue weighted by molar-refractivity contribution is -0.142. The molecule has 19 heavy (non-hydrogen) atoms. The third kappa shape index (κ3) is 3.96. The SMILES string of the molecule is C=CCN(C(=O)NC1COCC1C(=O)O)C(C)(C)C. The number of carboxylic acid groups (broad SMARTS) is 1. The molecule has 2 unspecified atom stereocenters. The van der Waals surface area contributed by atoms with Gasteiger partial charge in [0.2, 0.25) is 0 Å². The van der Waals surface area contributed by atoms with Gasteiger partial charge in [-0.3, -0.25) is 4.79 Å². The predicted molar refractivity (Wildman–Crippen MR) is 70.9 cm³/mol. The van der Waals surface area contributed by atoms with Crippen LogP contribution in [0.3, 0.4) is 0 Å². The molecule has 0 aromatic heterocycles. The molecule has 0 radical (unpaired) electrons. The summed E-state index contributed by atoms with van der Waals surface area (Å²) in [5.74, 6) is -1.64. The summed E-state index contributed by atoms with van der Waals surface area (Å²) >= 11 is 0. The van der Waals surface area contributed by atoms with Gasteiger partial charge in [-0.15, -0.1) is 6.58 Å². The summed E-state index contributed by atoms with van der Waals surface area (Å²) in [5, 5.41) is 11.8. The highest BCUT2D eigenvalue weighted by atomic mass is 16.5. The Balaban J connectivity index is 2.71. The minimum atomic E-state index is -0.950. The van der Waals surface area contributed by atoms with Crippen molar-refractivity contribution in [1.29, 1.82) is 0 Å². The molecule has 6 nitrogen and oxygen atoms in total. The number of amides is 2. The van der Waals surface area contributed by atoms with E-state index in [4.69, 9.17) is 9.84 Å². The van der Waals surface area contributed by atoms with Gasteiger partial charge in [-0.05, 0) is 20.8 Å². The van der Waals surface area contributed by atoms with Crippen LogP contribution in [0.4, 0.5) is 4.79 Å². The normalized spacial score (nSPS) is 22.9. The van der Waals surface area contributed by atoms with Crippen molar-refractivity contribution in [1.82, 2.24) is 10.2 Å². The van der Waals surface area contributed by atoms with Gasteiger partial charge in [0.05, 0.1) is 19.3 Å². The largest absolute Gasteiger partial charge is 0.481 e. The summed E-state index contributed by atoms with van der Waals surface area (Å²) in [7, 11) is 0. The number of hydrogen-bond donors (Lipinski definition) is 2. The van der Waals surface area contributed by atoms with E-state index >= 15 is 0 Å². The van der Waals surface area contributed by atoms with E-state index in [9.17, 15) is 9.59 Å². The summed E-state index contributed by atoms with van der Waals surface area (Å²) in [6, 6.07) is -0.784. The van der Waals surface area contributed by atoms with Gasteiger partial charge in [-0.2, -0.15) is 0 Å². The van der Waals surface area contributed by atoms with E-state index in [0.717, 1.165) is 0 Å². The van der Waals surface area contributed by atoms with Crippen molar-refractivity contribution < 1.29 is 19.4 Å². The Morgan fingerprint density at radius 2 is 2.11 bits per heavy atom. The van der Waals surface area contributed by atoms with Crippen molar-refractivity contribution in [3.05, 3.63) is 12.7 Å². The second kappa shape index (κ2) is 6.06. The summed E-state index contributed by atoms with van der Waals surface area (Å²) in [5.41, 5.74) is -0.365. The van der Waals surface area contributed by atoms with Crippen molar-refractivity contribution in [2.75, 3.05) is 19.8 Å². The fourth-order valence-electron chi connectivity index (χ4n) is 1.97. The Labute approximate surface area is 113 Å². The zero-order valence-corrected chi connectivity index (χ0v) is 11.7. The molecule has 6 heteroatoms. The van der Waals surface area contributed by atoms with Gasteiger partial charge >= 0.3 is 12.0 Å². The van der Waals surface area contributed by atoms with Crippen LogP contribution in [0.2, 0.25) is 0 Å². The number of nitrogens with one attached hydrogen (secondary N) is 1. The second-order valence-electron chi connectivity index (χ2n) is 5.61. The predicted octanol–water partition coefficient (Wildman–Crippen LogP) is 1.08. The van der Waals surface area contributed by atoms with Gasteiger partial charge in [0, 0.05) is 12.1 Å². The van der Waals surface area contributed by atoms with Crippen LogP contribution in [-0.2, 0) is 9.53 Å². The third-order valence-corrected chi connectivity index (χ3v) is 3.07. The van der Waals surface area contributed by atoms with Gasteiger partial charge < -0.3 is 20.1 Å². The van der Waals surface area contributed by atoms with Crippen LogP contribution in [0, 0.1) is 5.92 Å². The summed E-state index contributed by atoms with van der Waals surface area (Å²) in [4.78, 5) is 24.9. The monoisotopic (exact) mass is 270 g/mol. The highest BCUT2D eigenvalue weighted by Crippen LogP contribution is 2.17. The van der Waals surface area contributed by atoms with Crippen LogP contribution in [0.1, 0.15) is 20.8 Å². The van der Waals surface area contributed by atoms with E-state index < -0.39 is 17.9 Å². The Morgan fingerprint density at radius 3 is 2.58 bits per heavy atom. The molecule has 1 aliphatic heterocycles. The number of carboxylic acids is 1. The van der Waals surface area contributed by atoms with Crippen LogP contribution in [0.5, 0.6) is 0 Å². The fourth-order valence-corrected chi connectivity index (χ4v) is 1.97. The number of rotatable bonds is 4. The Bertz CT molecular complexity index is 362. The van der Waals surface area contributed by atoms with Gasteiger partial charge in [0.25, 0.3) is 0 Å². The molecule has 2 amide bonds. The second-order valence-corrected chi connectivity index (χ2v) is 5.61. The zero-order chi connectivity index (χ0) is 14.6. The molecule has 1 aliphatic rings. The van der Waals surface area contributed by atoms with Crippen molar-refractivity contribution >= 4 is 12.0 Å². The quantitative estimate of drug-likeness (QED) is 0.749. The molecule has 0 spiro atoms. The summed E-state index contributed by atoms with van der Waals surface area (Å²) in [6.45, 7) is 10.1. The molecule has 1 saturated heterocycles. The van der Waals surface area contributed by atoms with E-state index in [0.29, 0.717) is 6.54 Å². The topological polar surface area (TPSA) is 78.9 Å². The number of hydrogen-bond acceptors (Lipinski definition) is 3. The number of ether oxygens (including phenoxy) is 1. The third-order valence-electron chi connectivity index (χ3n) is 3.07. The number of nitrogens with zero attached hydrogens (tertiary/aromatic N) is 1. The fraction of sp³-hybridized carbons (Fsp3) is 0.692. The molecule has 0 bridgehead atoms. The summed E-state index contributed by atoms with van der Waals surface area (Å²) in [6.07, 6.45) is 1.64. The molecule has 1 heterocycles. The molecule has 108 valence electrons. The van der Waals surface area contributed by atoms with Gasteiger partial charge in [-0.1, -0.05) is 6.08 Å². The molecular weight excluding hydrogens is 248 g/mol. The van der Waals surface area contributed by atoms with Crippen LogP contribution in [-0.4, -0.2) is 53.3 Å². The first-order valence-corrected chi connectivity index (χ1v) is 6.27. The average molecular weight is 270 g/mol. The molecule has 2 atom stereocenters. The lowest BCUT2D eigenvalue weighted by Crippen LogP contribution is -2.54. The minimum Gasteiger partial charge on any atom is -0.481 e. The van der Waals surface area contributed by atoms with Crippen molar-refractivity contribution in [2.24, 2.45) is 5.92 Å². The Morgan fingerprint density at radius 1 is 1.47 bits per heavy atom. The zero-order valence-electron chi connectivity index (χ0n) is 11.7. The number of urea groups is 1. The van der Waals surface area contributed by atoms with Crippen LogP contribution < -0.4 is 5.32 Å². The molecule has 0 aliphatic carbocycles. The number of carbonyl (C=O) groups excluding carboxylic acids is 1. The maximum Gasteiger partial charge on any atom is 0.318 e.